The molecule has 2 rings (SSSR count). The van der Waals surface area contributed by atoms with E-state index in [2.05, 4.69) is 9.97 Å². The lowest BCUT2D eigenvalue weighted by atomic mass is 9.79. The molecule has 0 saturated heterocycles. The molecule has 26 heavy (non-hydrogen) atoms. The number of esters is 1. The van der Waals surface area contributed by atoms with E-state index in [4.69, 9.17) is 18.9 Å². The quantitative estimate of drug-likeness (QED) is 0.670. The molecule has 1 aromatic carbocycles. The Hall–Kier alpha value is -2.83. The van der Waals surface area contributed by atoms with Gasteiger partial charge in [-0.25, -0.2) is 4.79 Å². The van der Waals surface area contributed by atoms with E-state index >= 15 is 0 Å². The third-order valence-electron chi connectivity index (χ3n) is 3.97. The number of hydrogen-bond donors (Lipinski definition) is 0. The van der Waals surface area contributed by atoms with Gasteiger partial charge in [-0.15, -0.1) is 0 Å². The first-order valence-electron chi connectivity index (χ1n) is 8.28. The number of carbonyl (C=O) groups excluding carboxylic acids is 1. The van der Waals surface area contributed by atoms with Gasteiger partial charge in [0.25, 0.3) is 0 Å². The van der Waals surface area contributed by atoms with E-state index in [0.717, 1.165) is 5.56 Å². The van der Waals surface area contributed by atoms with Crippen molar-refractivity contribution in [1.29, 1.82) is 0 Å². The second kappa shape index (κ2) is 8.51. The van der Waals surface area contributed by atoms with E-state index in [1.807, 2.05) is 44.2 Å². The molecule has 0 bridgehead atoms. The van der Waals surface area contributed by atoms with Crippen molar-refractivity contribution in [3.63, 3.8) is 0 Å². The van der Waals surface area contributed by atoms with E-state index < -0.39 is 17.5 Å². The molecular formula is C19H24N2O5. The predicted octanol–water partition coefficient (Wildman–Crippen LogP) is 2.78. The Morgan fingerprint density at radius 2 is 1.65 bits per heavy atom. The van der Waals surface area contributed by atoms with Crippen molar-refractivity contribution in [2.24, 2.45) is 0 Å². The zero-order valence-electron chi connectivity index (χ0n) is 15.7. The summed E-state index contributed by atoms with van der Waals surface area (Å²) in [6.45, 7) is 5.80. The van der Waals surface area contributed by atoms with Crippen LogP contribution in [0.2, 0.25) is 0 Å². The highest BCUT2D eigenvalue weighted by atomic mass is 16.6. The molecule has 0 N–H and O–H groups in total. The first kappa shape index (κ1) is 19.5. The molecule has 1 aromatic heterocycles. The predicted molar refractivity (Wildman–Crippen MR) is 95.7 cm³/mol. The summed E-state index contributed by atoms with van der Waals surface area (Å²) < 4.78 is 21.4. The number of carbonyl (C=O) groups is 1. The van der Waals surface area contributed by atoms with Crippen molar-refractivity contribution in [3.8, 4) is 17.8 Å². The van der Waals surface area contributed by atoms with Gasteiger partial charge in [0.1, 0.15) is 0 Å². The Kier molecular flexibility index (Phi) is 6.38. The number of rotatable bonds is 8. The van der Waals surface area contributed by atoms with Crippen LogP contribution >= 0.6 is 0 Å². The molecule has 7 nitrogen and oxygen atoms in total. The van der Waals surface area contributed by atoms with Gasteiger partial charge >= 0.3 is 12.0 Å². The normalized spacial score (nSPS) is 12.2. The largest absolute Gasteiger partial charge is 0.481 e. The van der Waals surface area contributed by atoms with Crippen LogP contribution in [0.5, 0.6) is 17.8 Å². The van der Waals surface area contributed by atoms with Crippen molar-refractivity contribution >= 4 is 5.97 Å². The van der Waals surface area contributed by atoms with Crippen molar-refractivity contribution in [1.82, 2.24) is 9.97 Å². The number of aromatic nitrogens is 2. The SMILES string of the molecule is CCOC(=O)C(Oc1nc(OC)cc(OC)n1)C(C)(C)c1ccccc1. The van der Waals surface area contributed by atoms with E-state index in [1.165, 1.54) is 20.3 Å². The lowest BCUT2D eigenvalue weighted by Crippen LogP contribution is -2.45. The van der Waals surface area contributed by atoms with E-state index in [0.29, 0.717) is 0 Å². The minimum Gasteiger partial charge on any atom is -0.481 e. The van der Waals surface area contributed by atoms with Crippen LogP contribution < -0.4 is 14.2 Å². The molecular weight excluding hydrogens is 336 g/mol. The molecule has 0 radical (unpaired) electrons. The van der Waals surface area contributed by atoms with Crippen LogP contribution in [-0.2, 0) is 14.9 Å². The summed E-state index contributed by atoms with van der Waals surface area (Å²) in [5.74, 6) is 0.0469. The maximum atomic E-state index is 12.6. The second-order valence-corrected chi connectivity index (χ2v) is 6.07. The number of ether oxygens (including phenoxy) is 4. The first-order chi connectivity index (χ1) is 12.4. The monoisotopic (exact) mass is 360 g/mol. The fraction of sp³-hybridized carbons (Fsp3) is 0.421. The number of methoxy groups -OCH3 is 2. The maximum absolute atomic E-state index is 12.6. The topological polar surface area (TPSA) is 79.8 Å². The minimum atomic E-state index is -0.957. The standard InChI is InChI=1S/C19H24N2O5/c1-6-25-17(22)16(19(2,3)13-10-8-7-9-11-13)26-18-20-14(23-4)12-15(21-18)24-5/h7-12,16H,6H2,1-5H3. The third kappa shape index (κ3) is 4.41. The van der Waals surface area contributed by atoms with Gasteiger partial charge in [0.05, 0.1) is 26.9 Å². The van der Waals surface area contributed by atoms with Crippen molar-refractivity contribution in [2.75, 3.05) is 20.8 Å². The average molecular weight is 360 g/mol. The Bertz CT molecular complexity index is 712. The van der Waals surface area contributed by atoms with Crippen LogP contribution in [0.3, 0.4) is 0 Å². The molecule has 2 aromatic rings. The van der Waals surface area contributed by atoms with Gasteiger partial charge in [-0.3, -0.25) is 0 Å². The van der Waals surface area contributed by atoms with Crippen LogP contribution in [0.25, 0.3) is 0 Å². The molecule has 140 valence electrons. The lowest BCUT2D eigenvalue weighted by molar-refractivity contribution is -0.155. The Labute approximate surface area is 153 Å². The van der Waals surface area contributed by atoms with Crippen molar-refractivity contribution in [3.05, 3.63) is 42.0 Å². The highest BCUT2D eigenvalue weighted by molar-refractivity contribution is 5.77. The van der Waals surface area contributed by atoms with Gasteiger partial charge in [0.2, 0.25) is 17.9 Å². The van der Waals surface area contributed by atoms with Gasteiger partial charge in [-0.2, -0.15) is 9.97 Å². The molecule has 7 heteroatoms. The summed E-state index contributed by atoms with van der Waals surface area (Å²) in [5.41, 5.74) is 0.237. The molecule has 1 heterocycles. The van der Waals surface area contributed by atoms with Crippen molar-refractivity contribution < 1.29 is 23.7 Å². The summed E-state index contributed by atoms with van der Waals surface area (Å²) in [6.07, 6.45) is -0.957. The van der Waals surface area contributed by atoms with Crippen LogP contribution in [-0.4, -0.2) is 42.9 Å². The fourth-order valence-electron chi connectivity index (χ4n) is 2.48. The van der Waals surface area contributed by atoms with Gasteiger partial charge in [-0.05, 0) is 12.5 Å². The zero-order chi connectivity index (χ0) is 19.2. The summed E-state index contributed by atoms with van der Waals surface area (Å²) in [4.78, 5) is 20.9. The van der Waals surface area contributed by atoms with Crippen LogP contribution in [0.15, 0.2) is 36.4 Å². The molecule has 0 aliphatic carbocycles. The van der Waals surface area contributed by atoms with Gasteiger partial charge in [-0.1, -0.05) is 44.2 Å². The van der Waals surface area contributed by atoms with Gasteiger partial charge in [0, 0.05) is 5.41 Å². The Morgan fingerprint density at radius 3 is 2.15 bits per heavy atom. The molecule has 1 atom stereocenters. The third-order valence-corrected chi connectivity index (χ3v) is 3.97. The van der Waals surface area contributed by atoms with Crippen molar-refractivity contribution in [2.45, 2.75) is 32.3 Å². The van der Waals surface area contributed by atoms with Crippen LogP contribution in [0.4, 0.5) is 0 Å². The molecule has 0 aliphatic rings. The van der Waals surface area contributed by atoms with Crippen LogP contribution in [0, 0.1) is 0 Å². The summed E-state index contributed by atoms with van der Waals surface area (Å²) in [7, 11) is 2.95. The molecule has 0 aliphatic heterocycles. The fourth-order valence-corrected chi connectivity index (χ4v) is 2.48. The molecule has 1 unspecified atom stereocenters. The minimum absolute atomic E-state index is 0.0248. The Morgan fingerprint density at radius 1 is 1.08 bits per heavy atom. The van der Waals surface area contributed by atoms with Crippen LogP contribution in [0.1, 0.15) is 26.3 Å². The van der Waals surface area contributed by atoms with E-state index in [-0.39, 0.29) is 24.4 Å². The smallest absolute Gasteiger partial charge is 0.348 e. The number of hydrogen-bond acceptors (Lipinski definition) is 7. The second-order valence-electron chi connectivity index (χ2n) is 6.07. The Balaban J connectivity index is 2.41. The molecule has 0 amide bonds. The summed E-state index contributed by atoms with van der Waals surface area (Å²) >= 11 is 0. The zero-order valence-corrected chi connectivity index (χ0v) is 15.7. The lowest BCUT2D eigenvalue weighted by Gasteiger charge is -2.32. The summed E-state index contributed by atoms with van der Waals surface area (Å²) in [6, 6.07) is 11.1. The molecule has 0 spiro atoms. The van der Waals surface area contributed by atoms with E-state index in [1.54, 1.807) is 6.92 Å². The first-order valence-corrected chi connectivity index (χ1v) is 8.28. The maximum Gasteiger partial charge on any atom is 0.348 e. The summed E-state index contributed by atoms with van der Waals surface area (Å²) in [5, 5.41) is 0. The van der Waals surface area contributed by atoms with Gasteiger partial charge < -0.3 is 18.9 Å². The average Bonchev–Trinajstić information content (AvgIpc) is 2.66. The number of nitrogens with zero attached hydrogens (tertiary/aromatic N) is 2. The number of benzene rings is 1. The van der Waals surface area contributed by atoms with E-state index in [9.17, 15) is 4.79 Å². The highest BCUT2D eigenvalue weighted by Gasteiger charge is 2.40. The molecule has 0 saturated carbocycles. The molecule has 0 fully saturated rings. The highest BCUT2D eigenvalue weighted by Crippen LogP contribution is 2.31. The van der Waals surface area contributed by atoms with Gasteiger partial charge in [0.15, 0.2) is 0 Å².